The van der Waals surface area contributed by atoms with Crippen molar-refractivity contribution in [2.24, 2.45) is 4.99 Å². The smallest absolute Gasteiger partial charge is 0.194 e. The molecule has 0 aliphatic heterocycles. The van der Waals surface area contributed by atoms with Crippen molar-refractivity contribution >= 4 is 5.96 Å². The number of ether oxygens (including phenoxy) is 2. The summed E-state index contributed by atoms with van der Waals surface area (Å²) in [7, 11) is 5.29. The third-order valence-electron chi connectivity index (χ3n) is 4.75. The van der Waals surface area contributed by atoms with Crippen LogP contribution >= 0.6 is 0 Å². The zero-order valence-corrected chi connectivity index (χ0v) is 16.1. The maximum absolute atomic E-state index is 10.3. The van der Waals surface area contributed by atoms with Gasteiger partial charge in [0.15, 0.2) is 17.5 Å². The Hall–Kier alpha value is -1.95. The van der Waals surface area contributed by atoms with E-state index in [0.717, 1.165) is 54.4 Å². The number of aryl methyl sites for hydroxylation is 1. The fourth-order valence-corrected chi connectivity index (χ4v) is 2.96. The van der Waals surface area contributed by atoms with Gasteiger partial charge >= 0.3 is 0 Å². The number of aliphatic hydroxyl groups is 1. The van der Waals surface area contributed by atoms with Crippen molar-refractivity contribution in [2.45, 2.75) is 45.3 Å². The van der Waals surface area contributed by atoms with E-state index in [1.54, 1.807) is 14.2 Å². The highest BCUT2D eigenvalue weighted by Crippen LogP contribution is 2.32. The second-order valence-electron chi connectivity index (χ2n) is 6.74. The van der Waals surface area contributed by atoms with Crippen LogP contribution < -0.4 is 14.8 Å². The molecule has 6 heteroatoms. The number of hydrogen-bond acceptors (Lipinski definition) is 4. The van der Waals surface area contributed by atoms with E-state index in [9.17, 15) is 5.11 Å². The van der Waals surface area contributed by atoms with Crippen molar-refractivity contribution in [3.05, 3.63) is 23.3 Å². The molecule has 0 aromatic heterocycles. The zero-order valence-electron chi connectivity index (χ0n) is 16.1. The monoisotopic (exact) mass is 349 g/mol. The van der Waals surface area contributed by atoms with Crippen LogP contribution in [0.1, 0.15) is 37.3 Å². The van der Waals surface area contributed by atoms with E-state index in [-0.39, 0.29) is 0 Å². The SMILES string of the molecule is CCNC(=NCC1(O)CCC1)N(C)Cc1cc(OC)c(OC)cc1C. The van der Waals surface area contributed by atoms with Crippen LogP contribution in [0.3, 0.4) is 0 Å². The van der Waals surface area contributed by atoms with Crippen molar-refractivity contribution in [1.82, 2.24) is 10.2 Å². The van der Waals surface area contributed by atoms with Gasteiger partial charge < -0.3 is 24.8 Å². The van der Waals surface area contributed by atoms with Crippen LogP contribution in [0, 0.1) is 6.92 Å². The Morgan fingerprint density at radius 3 is 2.44 bits per heavy atom. The van der Waals surface area contributed by atoms with Gasteiger partial charge in [-0.15, -0.1) is 0 Å². The molecule has 1 aromatic rings. The third kappa shape index (κ3) is 4.78. The maximum atomic E-state index is 10.3. The lowest BCUT2D eigenvalue weighted by Gasteiger charge is -2.35. The molecule has 140 valence electrons. The topological polar surface area (TPSA) is 66.3 Å². The Bertz CT molecular complexity index is 612. The van der Waals surface area contributed by atoms with Gasteiger partial charge in [0.05, 0.1) is 26.4 Å². The Morgan fingerprint density at radius 1 is 1.28 bits per heavy atom. The first-order chi connectivity index (χ1) is 11.9. The van der Waals surface area contributed by atoms with Gasteiger partial charge in [-0.25, -0.2) is 0 Å². The van der Waals surface area contributed by atoms with E-state index < -0.39 is 5.60 Å². The Labute approximate surface area is 150 Å². The third-order valence-corrected chi connectivity index (χ3v) is 4.75. The predicted octanol–water partition coefficient (Wildman–Crippen LogP) is 2.32. The quantitative estimate of drug-likeness (QED) is 0.584. The minimum atomic E-state index is -0.610. The Kier molecular flexibility index (Phi) is 6.53. The average Bonchev–Trinajstić information content (AvgIpc) is 2.58. The van der Waals surface area contributed by atoms with Gasteiger partial charge in [0, 0.05) is 20.1 Å². The molecule has 2 rings (SSSR count). The summed E-state index contributed by atoms with van der Waals surface area (Å²) in [4.78, 5) is 6.70. The van der Waals surface area contributed by atoms with Gasteiger partial charge in [-0.2, -0.15) is 0 Å². The van der Waals surface area contributed by atoms with Gasteiger partial charge in [-0.1, -0.05) is 0 Å². The predicted molar refractivity (Wildman–Crippen MR) is 101 cm³/mol. The van der Waals surface area contributed by atoms with Crippen LogP contribution in [0.4, 0.5) is 0 Å². The average molecular weight is 349 g/mol. The second kappa shape index (κ2) is 8.43. The molecule has 0 heterocycles. The van der Waals surface area contributed by atoms with E-state index in [0.29, 0.717) is 13.1 Å². The summed E-state index contributed by atoms with van der Waals surface area (Å²) >= 11 is 0. The van der Waals surface area contributed by atoms with Gasteiger partial charge in [0.25, 0.3) is 0 Å². The summed E-state index contributed by atoms with van der Waals surface area (Å²) < 4.78 is 10.8. The number of nitrogens with one attached hydrogen (secondary N) is 1. The van der Waals surface area contributed by atoms with Crippen molar-refractivity contribution in [1.29, 1.82) is 0 Å². The van der Waals surface area contributed by atoms with Crippen LogP contribution in [0.25, 0.3) is 0 Å². The number of rotatable bonds is 7. The fraction of sp³-hybridized carbons (Fsp3) is 0.632. The number of hydrogen-bond donors (Lipinski definition) is 2. The first-order valence-electron chi connectivity index (χ1n) is 8.85. The second-order valence-corrected chi connectivity index (χ2v) is 6.74. The molecule has 0 amide bonds. The molecule has 1 aliphatic rings. The molecule has 1 aromatic carbocycles. The number of guanidine groups is 1. The number of methoxy groups -OCH3 is 2. The summed E-state index contributed by atoms with van der Waals surface area (Å²) in [5, 5.41) is 13.6. The molecule has 25 heavy (non-hydrogen) atoms. The summed E-state index contributed by atoms with van der Waals surface area (Å²) in [5.74, 6) is 2.26. The molecule has 1 aliphatic carbocycles. The summed E-state index contributed by atoms with van der Waals surface area (Å²) in [6.45, 7) is 6.03. The van der Waals surface area contributed by atoms with Gasteiger partial charge in [0.1, 0.15) is 0 Å². The minimum absolute atomic E-state index is 0.449. The standard InChI is InChI=1S/C19H31N3O3/c1-6-20-18(21-13-19(23)8-7-9-19)22(3)12-15-11-17(25-5)16(24-4)10-14(15)2/h10-11,23H,6-9,12-13H2,1-5H3,(H,20,21). The lowest BCUT2D eigenvalue weighted by Crippen LogP contribution is -2.43. The van der Waals surface area contributed by atoms with Gasteiger partial charge in [-0.05, 0) is 56.4 Å². The summed E-state index contributed by atoms with van der Waals surface area (Å²) in [6, 6.07) is 4.00. The molecule has 0 bridgehead atoms. The van der Waals surface area contributed by atoms with E-state index in [1.165, 1.54) is 0 Å². The molecule has 1 fully saturated rings. The normalized spacial score (nSPS) is 16.2. The Balaban J connectivity index is 2.14. The first kappa shape index (κ1) is 19.4. The number of aliphatic imine (C=N–C) groups is 1. The highest BCUT2D eigenvalue weighted by molar-refractivity contribution is 5.79. The van der Waals surface area contributed by atoms with Crippen LogP contribution in [0.5, 0.6) is 11.5 Å². The molecule has 6 nitrogen and oxygen atoms in total. The van der Waals surface area contributed by atoms with Crippen molar-refractivity contribution < 1.29 is 14.6 Å². The molecular formula is C19H31N3O3. The van der Waals surface area contributed by atoms with E-state index in [2.05, 4.69) is 22.1 Å². The van der Waals surface area contributed by atoms with E-state index in [1.807, 2.05) is 26.1 Å². The van der Waals surface area contributed by atoms with Gasteiger partial charge in [-0.3, -0.25) is 4.99 Å². The maximum Gasteiger partial charge on any atom is 0.194 e. The molecule has 1 saturated carbocycles. The van der Waals surface area contributed by atoms with E-state index >= 15 is 0 Å². The first-order valence-corrected chi connectivity index (χ1v) is 8.85. The fourth-order valence-electron chi connectivity index (χ4n) is 2.96. The van der Waals surface area contributed by atoms with Gasteiger partial charge in [0.2, 0.25) is 0 Å². The summed E-state index contributed by atoms with van der Waals surface area (Å²) in [5.41, 5.74) is 1.67. The Morgan fingerprint density at radius 2 is 1.92 bits per heavy atom. The van der Waals surface area contributed by atoms with Crippen LogP contribution in [-0.2, 0) is 6.54 Å². The van der Waals surface area contributed by atoms with Crippen molar-refractivity contribution in [2.75, 3.05) is 34.4 Å². The molecule has 0 atom stereocenters. The highest BCUT2D eigenvalue weighted by Gasteiger charge is 2.34. The lowest BCUT2D eigenvalue weighted by atomic mass is 9.80. The van der Waals surface area contributed by atoms with Crippen LogP contribution in [0.2, 0.25) is 0 Å². The van der Waals surface area contributed by atoms with Crippen LogP contribution in [-0.4, -0.2) is 55.9 Å². The molecule has 0 unspecified atom stereocenters. The minimum Gasteiger partial charge on any atom is -0.493 e. The van der Waals surface area contributed by atoms with Crippen LogP contribution in [0.15, 0.2) is 17.1 Å². The highest BCUT2D eigenvalue weighted by atomic mass is 16.5. The molecule has 0 spiro atoms. The molecule has 0 saturated heterocycles. The largest absolute Gasteiger partial charge is 0.493 e. The number of benzene rings is 1. The van der Waals surface area contributed by atoms with Crippen molar-refractivity contribution in [3.63, 3.8) is 0 Å². The molecule has 0 radical (unpaired) electrons. The summed E-state index contributed by atoms with van der Waals surface area (Å²) in [6.07, 6.45) is 2.77. The zero-order chi connectivity index (χ0) is 18.4. The lowest BCUT2D eigenvalue weighted by molar-refractivity contribution is -0.0237. The molecule has 2 N–H and O–H groups in total. The van der Waals surface area contributed by atoms with E-state index in [4.69, 9.17) is 9.47 Å². The number of nitrogens with zero attached hydrogens (tertiary/aromatic N) is 2. The molecular weight excluding hydrogens is 318 g/mol. The van der Waals surface area contributed by atoms with Crippen molar-refractivity contribution in [3.8, 4) is 11.5 Å².